The van der Waals surface area contributed by atoms with Gasteiger partial charge >= 0.3 is 0 Å². The van der Waals surface area contributed by atoms with Crippen LogP contribution >= 0.6 is 15.9 Å². The first-order valence-electron chi connectivity index (χ1n) is 6.29. The van der Waals surface area contributed by atoms with Crippen molar-refractivity contribution in [2.45, 2.75) is 25.8 Å². The molecule has 0 spiro atoms. The van der Waals surface area contributed by atoms with Crippen molar-refractivity contribution in [3.8, 4) is 5.75 Å². The number of anilines is 1. The summed E-state index contributed by atoms with van der Waals surface area (Å²) in [5.74, 6) is 0.316. The summed E-state index contributed by atoms with van der Waals surface area (Å²) in [6, 6.07) is 11.7. The van der Waals surface area contributed by atoms with Gasteiger partial charge in [-0.25, -0.2) is 4.98 Å². The SMILES string of the molecule is CC(CCc1ccc(O)cc1)Nc1ccc(Br)nc1. The first kappa shape index (κ1) is 13.9. The summed E-state index contributed by atoms with van der Waals surface area (Å²) in [5.41, 5.74) is 2.27. The van der Waals surface area contributed by atoms with Crippen LogP contribution in [0.5, 0.6) is 5.75 Å². The molecule has 1 heterocycles. The molecule has 0 fully saturated rings. The number of rotatable bonds is 5. The Kier molecular flexibility index (Phi) is 4.80. The lowest BCUT2D eigenvalue weighted by atomic mass is 10.1. The second-order valence-corrected chi connectivity index (χ2v) is 5.43. The Morgan fingerprint density at radius 2 is 1.95 bits per heavy atom. The largest absolute Gasteiger partial charge is 0.508 e. The molecule has 19 heavy (non-hydrogen) atoms. The van der Waals surface area contributed by atoms with Gasteiger partial charge in [-0.15, -0.1) is 0 Å². The minimum absolute atomic E-state index is 0.316. The average molecular weight is 321 g/mol. The van der Waals surface area contributed by atoms with E-state index in [1.807, 2.05) is 30.5 Å². The summed E-state index contributed by atoms with van der Waals surface area (Å²) in [6.07, 6.45) is 3.83. The molecule has 4 heteroatoms. The number of aryl methyl sites for hydroxylation is 1. The van der Waals surface area contributed by atoms with Crippen molar-refractivity contribution in [1.82, 2.24) is 4.98 Å². The highest BCUT2D eigenvalue weighted by atomic mass is 79.9. The summed E-state index contributed by atoms with van der Waals surface area (Å²) in [6.45, 7) is 2.16. The molecule has 0 bridgehead atoms. The van der Waals surface area contributed by atoms with E-state index in [9.17, 15) is 5.11 Å². The van der Waals surface area contributed by atoms with Crippen molar-refractivity contribution in [3.05, 3.63) is 52.8 Å². The van der Waals surface area contributed by atoms with Gasteiger partial charge in [0, 0.05) is 6.04 Å². The van der Waals surface area contributed by atoms with Crippen molar-refractivity contribution >= 4 is 21.6 Å². The molecule has 0 aliphatic carbocycles. The molecule has 2 N–H and O–H groups in total. The quantitative estimate of drug-likeness (QED) is 0.819. The predicted molar refractivity (Wildman–Crippen MR) is 81.4 cm³/mol. The number of pyridine rings is 1. The molecule has 2 aromatic rings. The number of aromatic hydroxyl groups is 1. The third-order valence-electron chi connectivity index (χ3n) is 2.94. The lowest BCUT2D eigenvalue weighted by Gasteiger charge is -2.15. The van der Waals surface area contributed by atoms with E-state index in [1.54, 1.807) is 12.1 Å². The normalized spacial score (nSPS) is 12.1. The number of phenols is 1. The van der Waals surface area contributed by atoms with Crippen LogP contribution in [-0.2, 0) is 6.42 Å². The Morgan fingerprint density at radius 1 is 1.21 bits per heavy atom. The van der Waals surface area contributed by atoms with Crippen molar-refractivity contribution in [1.29, 1.82) is 0 Å². The van der Waals surface area contributed by atoms with E-state index < -0.39 is 0 Å². The third kappa shape index (κ3) is 4.56. The van der Waals surface area contributed by atoms with Crippen LogP contribution in [0.3, 0.4) is 0 Å². The average Bonchev–Trinajstić information content (AvgIpc) is 2.41. The van der Waals surface area contributed by atoms with Crippen LogP contribution in [0.15, 0.2) is 47.2 Å². The lowest BCUT2D eigenvalue weighted by Crippen LogP contribution is -2.16. The number of hydrogen-bond donors (Lipinski definition) is 2. The predicted octanol–water partition coefficient (Wildman–Crippen LogP) is 3.98. The maximum absolute atomic E-state index is 9.23. The third-order valence-corrected chi connectivity index (χ3v) is 3.41. The van der Waals surface area contributed by atoms with Crippen LogP contribution in [-0.4, -0.2) is 16.1 Å². The smallest absolute Gasteiger partial charge is 0.115 e. The molecule has 1 atom stereocenters. The van der Waals surface area contributed by atoms with Gasteiger partial charge in [-0.3, -0.25) is 0 Å². The van der Waals surface area contributed by atoms with Crippen LogP contribution in [0, 0.1) is 0 Å². The van der Waals surface area contributed by atoms with Crippen LogP contribution in [0.2, 0.25) is 0 Å². The van der Waals surface area contributed by atoms with E-state index in [1.165, 1.54) is 5.56 Å². The maximum atomic E-state index is 9.23. The molecule has 0 radical (unpaired) electrons. The van der Waals surface area contributed by atoms with E-state index >= 15 is 0 Å². The molecular weight excluding hydrogens is 304 g/mol. The monoisotopic (exact) mass is 320 g/mol. The van der Waals surface area contributed by atoms with Gasteiger partial charge in [0.05, 0.1) is 11.9 Å². The number of aromatic nitrogens is 1. The van der Waals surface area contributed by atoms with Gasteiger partial charge in [-0.1, -0.05) is 12.1 Å². The number of hydrogen-bond acceptors (Lipinski definition) is 3. The van der Waals surface area contributed by atoms with Crippen LogP contribution in [0.4, 0.5) is 5.69 Å². The molecule has 1 aromatic carbocycles. The lowest BCUT2D eigenvalue weighted by molar-refractivity contribution is 0.475. The highest BCUT2D eigenvalue weighted by Gasteiger charge is 2.03. The molecule has 0 aliphatic rings. The number of halogens is 1. The number of benzene rings is 1. The zero-order valence-electron chi connectivity index (χ0n) is 10.8. The van der Waals surface area contributed by atoms with Crippen LogP contribution < -0.4 is 5.32 Å². The first-order chi connectivity index (χ1) is 9.13. The van der Waals surface area contributed by atoms with Gasteiger partial charge in [-0.05, 0) is 65.5 Å². The van der Waals surface area contributed by atoms with Gasteiger partial charge in [0.1, 0.15) is 10.4 Å². The summed E-state index contributed by atoms with van der Waals surface area (Å²) in [5, 5.41) is 12.6. The van der Waals surface area contributed by atoms with Gasteiger partial charge < -0.3 is 10.4 Å². The van der Waals surface area contributed by atoms with Crippen LogP contribution in [0.1, 0.15) is 18.9 Å². The molecule has 0 amide bonds. The van der Waals surface area contributed by atoms with E-state index in [0.29, 0.717) is 11.8 Å². The molecule has 1 unspecified atom stereocenters. The van der Waals surface area contributed by atoms with E-state index in [0.717, 1.165) is 23.1 Å². The fraction of sp³-hybridized carbons (Fsp3) is 0.267. The first-order valence-corrected chi connectivity index (χ1v) is 7.09. The van der Waals surface area contributed by atoms with Crippen molar-refractivity contribution in [2.75, 3.05) is 5.32 Å². The molecule has 3 nitrogen and oxygen atoms in total. The number of nitrogens with zero attached hydrogens (tertiary/aromatic N) is 1. The maximum Gasteiger partial charge on any atom is 0.115 e. The van der Waals surface area contributed by atoms with Gasteiger partial charge in [0.2, 0.25) is 0 Å². The zero-order chi connectivity index (χ0) is 13.7. The zero-order valence-corrected chi connectivity index (χ0v) is 12.4. The minimum atomic E-state index is 0.316. The van der Waals surface area contributed by atoms with E-state index in [4.69, 9.17) is 0 Å². The van der Waals surface area contributed by atoms with Gasteiger partial charge in [0.25, 0.3) is 0 Å². The molecular formula is C15H17BrN2O. The second kappa shape index (κ2) is 6.57. The fourth-order valence-corrected chi connectivity index (χ4v) is 2.10. The van der Waals surface area contributed by atoms with Crippen molar-refractivity contribution in [2.24, 2.45) is 0 Å². The van der Waals surface area contributed by atoms with Gasteiger partial charge in [-0.2, -0.15) is 0 Å². The molecule has 0 saturated carbocycles. The van der Waals surface area contributed by atoms with Gasteiger partial charge in [0.15, 0.2) is 0 Å². The Balaban J connectivity index is 1.82. The number of nitrogens with one attached hydrogen (secondary N) is 1. The molecule has 0 aliphatic heterocycles. The standard InChI is InChI=1S/C15H17BrN2O/c1-11(18-13-6-9-15(16)17-10-13)2-3-12-4-7-14(19)8-5-12/h4-11,18-19H,2-3H2,1H3. The van der Waals surface area contributed by atoms with E-state index in [-0.39, 0.29) is 0 Å². The highest BCUT2D eigenvalue weighted by Crippen LogP contribution is 2.15. The Morgan fingerprint density at radius 3 is 2.58 bits per heavy atom. The summed E-state index contributed by atoms with van der Waals surface area (Å²) in [7, 11) is 0. The topological polar surface area (TPSA) is 45.1 Å². The Bertz CT molecular complexity index is 511. The number of phenolic OH excluding ortho intramolecular Hbond substituents is 1. The molecule has 1 aromatic heterocycles. The van der Waals surface area contributed by atoms with Crippen LogP contribution in [0.25, 0.3) is 0 Å². The summed E-state index contributed by atoms with van der Waals surface area (Å²) in [4.78, 5) is 4.19. The Labute approximate surface area is 121 Å². The fourth-order valence-electron chi connectivity index (χ4n) is 1.86. The second-order valence-electron chi connectivity index (χ2n) is 4.62. The van der Waals surface area contributed by atoms with Crippen molar-refractivity contribution in [3.63, 3.8) is 0 Å². The van der Waals surface area contributed by atoms with E-state index in [2.05, 4.69) is 33.2 Å². The highest BCUT2D eigenvalue weighted by molar-refractivity contribution is 9.10. The minimum Gasteiger partial charge on any atom is -0.508 e. The Hall–Kier alpha value is -1.55. The molecule has 0 saturated heterocycles. The molecule has 2 rings (SSSR count). The summed E-state index contributed by atoms with van der Waals surface area (Å²) < 4.78 is 0.842. The summed E-state index contributed by atoms with van der Waals surface area (Å²) >= 11 is 3.32. The van der Waals surface area contributed by atoms with Crippen molar-refractivity contribution < 1.29 is 5.11 Å². The molecule has 100 valence electrons.